The van der Waals surface area contributed by atoms with Gasteiger partial charge in [0.25, 0.3) is 11.6 Å². The number of hydrogen-bond donors (Lipinski definition) is 0. The Morgan fingerprint density at radius 2 is 2.00 bits per heavy atom. The van der Waals surface area contributed by atoms with Crippen molar-refractivity contribution in [2.24, 2.45) is 0 Å². The molecular weight excluding hydrogens is 198 g/mol. The largest absolute Gasteiger partial charge is 0.334 e. The SMILES string of the molecule is Cc1noc(-c2ccc([N+](=O)[O-])cc2)n1. The summed E-state index contributed by atoms with van der Waals surface area (Å²) in [7, 11) is 0. The van der Waals surface area contributed by atoms with Crippen molar-refractivity contribution in [2.45, 2.75) is 6.92 Å². The number of non-ortho nitro benzene ring substituents is 1. The van der Waals surface area contributed by atoms with Crippen LogP contribution in [0.4, 0.5) is 5.69 Å². The Hall–Kier alpha value is -2.24. The third-order valence-corrected chi connectivity index (χ3v) is 1.85. The van der Waals surface area contributed by atoms with E-state index in [0.717, 1.165) is 0 Å². The van der Waals surface area contributed by atoms with Crippen LogP contribution in [0.5, 0.6) is 0 Å². The summed E-state index contributed by atoms with van der Waals surface area (Å²) in [5.41, 5.74) is 0.705. The van der Waals surface area contributed by atoms with Crippen molar-refractivity contribution < 1.29 is 9.45 Å². The van der Waals surface area contributed by atoms with E-state index in [1.165, 1.54) is 12.1 Å². The number of nitro groups is 1. The number of nitrogens with zero attached hydrogens (tertiary/aromatic N) is 3. The van der Waals surface area contributed by atoms with E-state index in [9.17, 15) is 10.1 Å². The maximum absolute atomic E-state index is 10.4. The Kier molecular flexibility index (Phi) is 2.17. The van der Waals surface area contributed by atoms with Crippen LogP contribution < -0.4 is 0 Å². The highest BCUT2D eigenvalue weighted by Crippen LogP contribution is 2.20. The van der Waals surface area contributed by atoms with Gasteiger partial charge in [-0.05, 0) is 19.1 Å². The average Bonchev–Trinajstić information content (AvgIpc) is 2.65. The number of nitro benzene ring substituents is 1. The lowest BCUT2D eigenvalue weighted by Crippen LogP contribution is -1.87. The zero-order chi connectivity index (χ0) is 10.8. The molecule has 0 aliphatic heterocycles. The standard InChI is InChI=1S/C9H7N3O3/c1-6-10-9(15-11-6)7-2-4-8(5-3-7)12(13)14/h2-5H,1H3. The van der Waals surface area contributed by atoms with Gasteiger partial charge in [-0.1, -0.05) is 5.16 Å². The number of rotatable bonds is 2. The molecule has 0 fully saturated rings. The second-order valence-electron chi connectivity index (χ2n) is 2.95. The van der Waals surface area contributed by atoms with Crippen LogP contribution in [-0.4, -0.2) is 15.1 Å². The second-order valence-corrected chi connectivity index (χ2v) is 2.95. The molecule has 0 saturated heterocycles. The van der Waals surface area contributed by atoms with Crippen molar-refractivity contribution in [3.05, 3.63) is 40.2 Å². The summed E-state index contributed by atoms with van der Waals surface area (Å²) >= 11 is 0. The van der Waals surface area contributed by atoms with Gasteiger partial charge in [0.05, 0.1) is 4.92 Å². The van der Waals surface area contributed by atoms with Crippen LogP contribution in [0.25, 0.3) is 11.5 Å². The Balaban J connectivity index is 2.35. The summed E-state index contributed by atoms with van der Waals surface area (Å²) in [5, 5.41) is 14.0. The van der Waals surface area contributed by atoms with E-state index >= 15 is 0 Å². The third kappa shape index (κ3) is 1.83. The van der Waals surface area contributed by atoms with E-state index in [2.05, 4.69) is 10.1 Å². The van der Waals surface area contributed by atoms with Crippen LogP contribution in [0.2, 0.25) is 0 Å². The number of aromatic nitrogens is 2. The normalized spacial score (nSPS) is 10.2. The number of aryl methyl sites for hydroxylation is 1. The first-order valence-electron chi connectivity index (χ1n) is 4.22. The smallest absolute Gasteiger partial charge is 0.269 e. The lowest BCUT2D eigenvalue weighted by atomic mass is 10.2. The predicted octanol–water partition coefficient (Wildman–Crippen LogP) is 1.95. The molecule has 0 amide bonds. The molecule has 0 N–H and O–H groups in total. The van der Waals surface area contributed by atoms with E-state index in [1.807, 2.05) is 0 Å². The van der Waals surface area contributed by atoms with Gasteiger partial charge in [-0.15, -0.1) is 0 Å². The predicted molar refractivity (Wildman–Crippen MR) is 51.1 cm³/mol. The second kappa shape index (κ2) is 3.49. The van der Waals surface area contributed by atoms with Gasteiger partial charge in [-0.3, -0.25) is 10.1 Å². The van der Waals surface area contributed by atoms with Gasteiger partial charge in [0.2, 0.25) is 0 Å². The molecule has 15 heavy (non-hydrogen) atoms. The highest BCUT2D eigenvalue weighted by atomic mass is 16.6. The van der Waals surface area contributed by atoms with Gasteiger partial charge in [-0.25, -0.2) is 0 Å². The molecule has 0 aliphatic rings. The molecule has 0 unspecified atom stereocenters. The van der Waals surface area contributed by atoms with Crippen molar-refractivity contribution in [3.63, 3.8) is 0 Å². The Labute approximate surface area is 84.7 Å². The molecule has 76 valence electrons. The summed E-state index contributed by atoms with van der Waals surface area (Å²) < 4.78 is 4.92. The molecule has 0 atom stereocenters. The van der Waals surface area contributed by atoms with Gasteiger partial charge in [0, 0.05) is 17.7 Å². The minimum Gasteiger partial charge on any atom is -0.334 e. The monoisotopic (exact) mass is 205 g/mol. The maximum Gasteiger partial charge on any atom is 0.269 e. The molecule has 6 heteroatoms. The van der Waals surface area contributed by atoms with Crippen LogP contribution >= 0.6 is 0 Å². The van der Waals surface area contributed by atoms with Crippen molar-refractivity contribution in [1.82, 2.24) is 10.1 Å². The van der Waals surface area contributed by atoms with Gasteiger partial charge >= 0.3 is 0 Å². The third-order valence-electron chi connectivity index (χ3n) is 1.85. The minimum absolute atomic E-state index is 0.0370. The molecule has 0 spiro atoms. The summed E-state index contributed by atoms with van der Waals surface area (Å²) in [4.78, 5) is 14.0. The Morgan fingerprint density at radius 1 is 1.33 bits per heavy atom. The molecule has 2 rings (SSSR count). The molecule has 1 heterocycles. The van der Waals surface area contributed by atoms with Crippen molar-refractivity contribution in [1.29, 1.82) is 0 Å². The van der Waals surface area contributed by atoms with Crippen molar-refractivity contribution in [2.75, 3.05) is 0 Å². The molecule has 0 radical (unpaired) electrons. The average molecular weight is 205 g/mol. The van der Waals surface area contributed by atoms with Gasteiger partial charge in [-0.2, -0.15) is 4.98 Å². The quantitative estimate of drug-likeness (QED) is 0.552. The van der Waals surface area contributed by atoms with E-state index in [0.29, 0.717) is 17.3 Å². The molecule has 1 aromatic heterocycles. The van der Waals surface area contributed by atoms with Crippen LogP contribution in [0.3, 0.4) is 0 Å². The van der Waals surface area contributed by atoms with Gasteiger partial charge < -0.3 is 4.52 Å². The topological polar surface area (TPSA) is 82.1 Å². The summed E-state index contributed by atoms with van der Waals surface area (Å²) in [6.45, 7) is 1.71. The lowest BCUT2D eigenvalue weighted by molar-refractivity contribution is -0.384. The van der Waals surface area contributed by atoms with Crippen LogP contribution in [0.15, 0.2) is 28.8 Å². The number of benzene rings is 1. The Bertz CT molecular complexity index is 490. The minimum atomic E-state index is -0.456. The van der Waals surface area contributed by atoms with Crippen LogP contribution in [0, 0.1) is 17.0 Å². The lowest BCUT2D eigenvalue weighted by Gasteiger charge is -1.93. The van der Waals surface area contributed by atoms with Crippen molar-refractivity contribution >= 4 is 5.69 Å². The maximum atomic E-state index is 10.4. The zero-order valence-corrected chi connectivity index (χ0v) is 7.88. The first-order chi connectivity index (χ1) is 7.16. The van der Waals surface area contributed by atoms with Crippen LogP contribution in [-0.2, 0) is 0 Å². The van der Waals surface area contributed by atoms with Gasteiger partial charge in [0.15, 0.2) is 5.82 Å². The highest BCUT2D eigenvalue weighted by molar-refractivity contribution is 5.55. The van der Waals surface area contributed by atoms with E-state index in [-0.39, 0.29) is 5.69 Å². The molecule has 0 bridgehead atoms. The molecule has 0 saturated carbocycles. The van der Waals surface area contributed by atoms with Gasteiger partial charge in [0.1, 0.15) is 0 Å². The van der Waals surface area contributed by atoms with Crippen LogP contribution in [0.1, 0.15) is 5.82 Å². The van der Waals surface area contributed by atoms with Crippen molar-refractivity contribution in [3.8, 4) is 11.5 Å². The van der Waals surface area contributed by atoms with E-state index in [4.69, 9.17) is 4.52 Å². The molecular formula is C9H7N3O3. The zero-order valence-electron chi connectivity index (χ0n) is 7.88. The fourth-order valence-corrected chi connectivity index (χ4v) is 1.14. The molecule has 1 aromatic carbocycles. The molecule has 2 aromatic rings. The summed E-state index contributed by atoms with van der Waals surface area (Å²) in [6, 6.07) is 5.94. The summed E-state index contributed by atoms with van der Waals surface area (Å²) in [6.07, 6.45) is 0. The van der Waals surface area contributed by atoms with E-state index in [1.54, 1.807) is 19.1 Å². The number of hydrogen-bond acceptors (Lipinski definition) is 5. The summed E-state index contributed by atoms with van der Waals surface area (Å²) in [5.74, 6) is 0.894. The Morgan fingerprint density at radius 3 is 2.47 bits per heavy atom. The van der Waals surface area contributed by atoms with E-state index < -0.39 is 4.92 Å². The fraction of sp³-hybridized carbons (Fsp3) is 0.111. The molecule has 6 nitrogen and oxygen atoms in total. The molecule has 0 aliphatic carbocycles. The fourth-order valence-electron chi connectivity index (χ4n) is 1.14. The first-order valence-corrected chi connectivity index (χ1v) is 4.22. The first kappa shape index (κ1) is 9.32. The highest BCUT2D eigenvalue weighted by Gasteiger charge is 2.09.